The normalized spacial score (nSPS) is 32.1. The Bertz CT molecular complexity index is 189. The van der Waals surface area contributed by atoms with Gasteiger partial charge in [0.05, 0.1) is 0 Å². The predicted octanol–water partition coefficient (Wildman–Crippen LogP) is 2.56. The zero-order chi connectivity index (χ0) is 11.2. The first kappa shape index (κ1) is 12.4. The van der Waals surface area contributed by atoms with Gasteiger partial charge >= 0.3 is 0 Å². The maximum absolute atomic E-state index is 9.26. The van der Waals surface area contributed by atoms with E-state index in [9.17, 15) is 5.11 Å². The second-order valence-electron chi connectivity index (χ2n) is 5.80. The number of nitrogens with one attached hydrogen (secondary N) is 1. The van der Waals surface area contributed by atoms with Crippen molar-refractivity contribution in [2.45, 2.75) is 51.4 Å². The minimum atomic E-state index is 0.399. The summed E-state index contributed by atoms with van der Waals surface area (Å²) in [6.45, 7) is 2.76. The Hall–Kier alpha value is -0.0800. The van der Waals surface area contributed by atoms with Gasteiger partial charge in [-0.2, -0.15) is 0 Å². The van der Waals surface area contributed by atoms with Crippen molar-refractivity contribution in [2.24, 2.45) is 17.8 Å². The molecule has 0 aliphatic heterocycles. The second-order valence-corrected chi connectivity index (χ2v) is 5.80. The van der Waals surface area contributed by atoms with Gasteiger partial charge in [0.25, 0.3) is 0 Å². The van der Waals surface area contributed by atoms with Crippen LogP contribution in [0.3, 0.4) is 0 Å². The summed E-state index contributed by atoms with van der Waals surface area (Å²) in [4.78, 5) is 0. The van der Waals surface area contributed by atoms with E-state index in [1.807, 2.05) is 0 Å². The molecule has 2 saturated carbocycles. The van der Waals surface area contributed by atoms with Gasteiger partial charge in [0.1, 0.15) is 0 Å². The Balaban J connectivity index is 1.59. The molecule has 0 bridgehead atoms. The quantitative estimate of drug-likeness (QED) is 0.753. The zero-order valence-corrected chi connectivity index (χ0v) is 10.5. The van der Waals surface area contributed by atoms with E-state index in [-0.39, 0.29) is 0 Å². The van der Waals surface area contributed by atoms with E-state index < -0.39 is 0 Å². The van der Waals surface area contributed by atoms with Crippen molar-refractivity contribution in [3.05, 3.63) is 0 Å². The summed E-state index contributed by atoms with van der Waals surface area (Å²) in [7, 11) is 0. The van der Waals surface area contributed by atoms with E-state index in [2.05, 4.69) is 5.32 Å². The van der Waals surface area contributed by atoms with Crippen LogP contribution in [0.5, 0.6) is 0 Å². The largest absolute Gasteiger partial charge is 0.396 e. The lowest BCUT2D eigenvalue weighted by Gasteiger charge is -2.24. The highest BCUT2D eigenvalue weighted by atomic mass is 16.3. The zero-order valence-electron chi connectivity index (χ0n) is 10.5. The monoisotopic (exact) mass is 225 g/mol. The van der Waals surface area contributed by atoms with Crippen molar-refractivity contribution in [1.29, 1.82) is 0 Å². The van der Waals surface area contributed by atoms with Gasteiger partial charge in [-0.15, -0.1) is 0 Å². The first-order chi connectivity index (χ1) is 7.90. The van der Waals surface area contributed by atoms with Crippen molar-refractivity contribution in [3.8, 4) is 0 Å². The molecule has 0 amide bonds. The van der Waals surface area contributed by atoms with Crippen molar-refractivity contribution >= 4 is 0 Å². The number of hydrogen-bond donors (Lipinski definition) is 2. The second kappa shape index (κ2) is 6.61. The molecule has 2 aliphatic rings. The van der Waals surface area contributed by atoms with Gasteiger partial charge in [0.15, 0.2) is 0 Å². The van der Waals surface area contributed by atoms with E-state index in [4.69, 9.17) is 0 Å². The Kier molecular flexibility index (Phi) is 5.11. The molecular weight excluding hydrogens is 198 g/mol. The fourth-order valence-electron chi connectivity index (χ4n) is 3.49. The minimum Gasteiger partial charge on any atom is -0.396 e. The summed E-state index contributed by atoms with van der Waals surface area (Å²) in [5, 5.41) is 12.9. The molecule has 2 nitrogen and oxygen atoms in total. The van der Waals surface area contributed by atoms with Gasteiger partial charge in [-0.1, -0.05) is 25.7 Å². The van der Waals surface area contributed by atoms with Crippen LogP contribution in [0, 0.1) is 17.8 Å². The lowest BCUT2D eigenvalue weighted by molar-refractivity contribution is 0.190. The fourth-order valence-corrected chi connectivity index (χ4v) is 3.49. The summed E-state index contributed by atoms with van der Waals surface area (Å²) in [5.74, 6) is 2.26. The van der Waals surface area contributed by atoms with Gasteiger partial charge < -0.3 is 10.4 Å². The molecule has 2 N–H and O–H groups in total. The summed E-state index contributed by atoms with van der Waals surface area (Å²) in [5.41, 5.74) is 0. The molecule has 0 aromatic carbocycles. The topological polar surface area (TPSA) is 32.3 Å². The third-order valence-electron chi connectivity index (χ3n) is 4.62. The molecule has 2 rings (SSSR count). The van der Waals surface area contributed by atoms with Gasteiger partial charge in [0.2, 0.25) is 0 Å². The van der Waals surface area contributed by atoms with Crippen LogP contribution in [-0.4, -0.2) is 24.8 Å². The smallest absolute Gasteiger partial charge is 0.0462 e. The minimum absolute atomic E-state index is 0.399. The van der Waals surface area contributed by atoms with Crippen LogP contribution in [0.4, 0.5) is 0 Å². The molecule has 0 aromatic heterocycles. The molecule has 2 atom stereocenters. The maximum atomic E-state index is 9.26. The van der Waals surface area contributed by atoms with E-state index in [1.54, 1.807) is 0 Å². The highest BCUT2D eigenvalue weighted by molar-refractivity contribution is 4.79. The highest BCUT2D eigenvalue weighted by Gasteiger charge is 2.26. The van der Waals surface area contributed by atoms with Crippen molar-refractivity contribution in [2.75, 3.05) is 19.7 Å². The summed E-state index contributed by atoms with van der Waals surface area (Å²) < 4.78 is 0. The van der Waals surface area contributed by atoms with Gasteiger partial charge in [-0.25, -0.2) is 0 Å². The van der Waals surface area contributed by atoms with E-state index in [0.29, 0.717) is 12.5 Å². The van der Waals surface area contributed by atoms with Crippen LogP contribution in [0.1, 0.15) is 51.4 Å². The molecule has 0 heterocycles. The highest BCUT2D eigenvalue weighted by Crippen LogP contribution is 2.30. The van der Waals surface area contributed by atoms with Crippen molar-refractivity contribution < 1.29 is 5.11 Å². The average Bonchev–Trinajstić information content (AvgIpc) is 2.78. The summed E-state index contributed by atoms with van der Waals surface area (Å²) in [6, 6.07) is 0. The third kappa shape index (κ3) is 3.46. The fraction of sp³-hybridized carbons (Fsp3) is 1.00. The molecule has 2 unspecified atom stereocenters. The van der Waals surface area contributed by atoms with Gasteiger partial charge in [0, 0.05) is 6.61 Å². The molecule has 2 fully saturated rings. The lowest BCUT2D eigenvalue weighted by atomic mass is 9.89. The molecule has 0 spiro atoms. The molecule has 2 heteroatoms. The van der Waals surface area contributed by atoms with E-state index >= 15 is 0 Å². The Labute approximate surface area is 99.8 Å². The van der Waals surface area contributed by atoms with E-state index in [1.165, 1.54) is 57.9 Å². The van der Waals surface area contributed by atoms with Crippen LogP contribution in [-0.2, 0) is 0 Å². The van der Waals surface area contributed by atoms with Crippen molar-refractivity contribution in [3.63, 3.8) is 0 Å². The van der Waals surface area contributed by atoms with Crippen LogP contribution in [0.15, 0.2) is 0 Å². The first-order valence-corrected chi connectivity index (χ1v) is 7.21. The summed E-state index contributed by atoms with van der Waals surface area (Å²) in [6.07, 6.45) is 11.1. The molecule has 2 aliphatic carbocycles. The Morgan fingerprint density at radius 2 is 1.56 bits per heavy atom. The maximum Gasteiger partial charge on any atom is 0.0462 e. The van der Waals surface area contributed by atoms with Crippen LogP contribution >= 0.6 is 0 Å². The number of aliphatic hydroxyl groups is 1. The summed E-state index contributed by atoms with van der Waals surface area (Å²) >= 11 is 0. The Morgan fingerprint density at radius 1 is 0.812 bits per heavy atom. The molecule has 0 radical (unpaired) electrons. The van der Waals surface area contributed by atoms with Gasteiger partial charge in [-0.05, 0) is 56.5 Å². The molecular formula is C14H27NO. The van der Waals surface area contributed by atoms with Crippen LogP contribution in [0.2, 0.25) is 0 Å². The standard InChI is InChI=1S/C14H27NO/c16-11-14-8-4-7-13(14)10-15-9-12-5-2-1-3-6-12/h12-16H,1-11H2. The molecule has 94 valence electrons. The SMILES string of the molecule is OCC1CCCC1CNCC1CCCCC1. The van der Waals surface area contributed by atoms with E-state index in [0.717, 1.165) is 18.4 Å². The average molecular weight is 225 g/mol. The van der Waals surface area contributed by atoms with Crippen LogP contribution < -0.4 is 5.32 Å². The first-order valence-electron chi connectivity index (χ1n) is 7.21. The number of rotatable bonds is 5. The third-order valence-corrected chi connectivity index (χ3v) is 4.62. The van der Waals surface area contributed by atoms with Crippen molar-refractivity contribution in [1.82, 2.24) is 5.32 Å². The van der Waals surface area contributed by atoms with Gasteiger partial charge in [-0.3, -0.25) is 0 Å². The Morgan fingerprint density at radius 3 is 2.31 bits per heavy atom. The number of hydrogen-bond acceptors (Lipinski definition) is 2. The number of aliphatic hydroxyl groups excluding tert-OH is 1. The molecule has 0 saturated heterocycles. The molecule has 16 heavy (non-hydrogen) atoms. The predicted molar refractivity (Wildman–Crippen MR) is 67.4 cm³/mol. The molecule has 0 aromatic rings. The van der Waals surface area contributed by atoms with Crippen LogP contribution in [0.25, 0.3) is 0 Å². The lowest BCUT2D eigenvalue weighted by Crippen LogP contribution is -2.31.